The SMILES string of the molecule is CC1CCC(c2noc(-c3ccc4c(c3)CNC4)n2)CC1. The third-order valence-electron chi connectivity index (χ3n) is 4.91. The Hall–Kier alpha value is -1.68. The largest absolute Gasteiger partial charge is 0.334 e. The highest BCUT2D eigenvalue weighted by atomic mass is 16.5. The van der Waals surface area contributed by atoms with Crippen LogP contribution in [0.25, 0.3) is 11.5 Å². The van der Waals surface area contributed by atoms with Crippen molar-refractivity contribution in [3.63, 3.8) is 0 Å². The van der Waals surface area contributed by atoms with Crippen LogP contribution in [0.2, 0.25) is 0 Å². The molecule has 1 saturated carbocycles. The minimum atomic E-state index is 0.481. The van der Waals surface area contributed by atoms with Crippen LogP contribution in [0.5, 0.6) is 0 Å². The Morgan fingerprint density at radius 1 is 1.10 bits per heavy atom. The average Bonchev–Trinajstić information content (AvgIpc) is 3.16. The monoisotopic (exact) mass is 283 g/mol. The molecule has 4 nitrogen and oxygen atoms in total. The molecule has 4 rings (SSSR count). The van der Waals surface area contributed by atoms with E-state index in [9.17, 15) is 0 Å². The fourth-order valence-corrected chi connectivity index (χ4v) is 3.46. The Labute approximate surface area is 124 Å². The van der Waals surface area contributed by atoms with Crippen molar-refractivity contribution in [3.05, 3.63) is 35.2 Å². The van der Waals surface area contributed by atoms with Crippen LogP contribution >= 0.6 is 0 Å². The van der Waals surface area contributed by atoms with Gasteiger partial charge < -0.3 is 9.84 Å². The summed E-state index contributed by atoms with van der Waals surface area (Å²) in [6.45, 7) is 4.23. The van der Waals surface area contributed by atoms with E-state index in [4.69, 9.17) is 4.52 Å². The molecule has 110 valence electrons. The fourth-order valence-electron chi connectivity index (χ4n) is 3.46. The minimum Gasteiger partial charge on any atom is -0.334 e. The van der Waals surface area contributed by atoms with E-state index < -0.39 is 0 Å². The summed E-state index contributed by atoms with van der Waals surface area (Å²) in [5.74, 6) is 2.89. The summed E-state index contributed by atoms with van der Waals surface area (Å²) < 4.78 is 5.51. The fraction of sp³-hybridized carbons (Fsp3) is 0.529. The molecule has 21 heavy (non-hydrogen) atoms. The summed E-state index contributed by atoms with van der Waals surface area (Å²) in [7, 11) is 0. The molecular weight excluding hydrogens is 262 g/mol. The van der Waals surface area contributed by atoms with Crippen molar-refractivity contribution >= 4 is 0 Å². The van der Waals surface area contributed by atoms with E-state index in [0.29, 0.717) is 11.8 Å². The van der Waals surface area contributed by atoms with Crippen molar-refractivity contribution in [2.45, 2.75) is 51.6 Å². The maximum absolute atomic E-state index is 5.51. The molecule has 0 bridgehead atoms. The molecule has 2 aliphatic rings. The lowest BCUT2D eigenvalue weighted by atomic mass is 9.83. The second-order valence-corrected chi connectivity index (χ2v) is 6.50. The maximum Gasteiger partial charge on any atom is 0.257 e. The van der Waals surface area contributed by atoms with E-state index in [0.717, 1.165) is 30.4 Å². The van der Waals surface area contributed by atoms with Crippen molar-refractivity contribution in [2.24, 2.45) is 5.92 Å². The van der Waals surface area contributed by atoms with Gasteiger partial charge in [0.15, 0.2) is 5.82 Å². The molecule has 1 aliphatic heterocycles. The molecule has 0 unspecified atom stereocenters. The van der Waals surface area contributed by atoms with E-state index in [-0.39, 0.29) is 0 Å². The molecule has 0 atom stereocenters. The van der Waals surface area contributed by atoms with Crippen molar-refractivity contribution < 1.29 is 4.52 Å². The number of hydrogen-bond acceptors (Lipinski definition) is 4. The molecule has 0 spiro atoms. The van der Waals surface area contributed by atoms with Gasteiger partial charge in [-0.2, -0.15) is 4.98 Å². The highest BCUT2D eigenvalue weighted by molar-refractivity contribution is 5.56. The predicted octanol–water partition coefficient (Wildman–Crippen LogP) is 3.63. The standard InChI is InChI=1S/C17H21N3O/c1-11-2-4-12(5-3-11)16-19-17(21-20-16)13-6-7-14-9-18-10-15(14)8-13/h6-8,11-12,18H,2-5,9-10H2,1H3. The number of rotatable bonds is 2. The van der Waals surface area contributed by atoms with Gasteiger partial charge in [0.25, 0.3) is 5.89 Å². The maximum atomic E-state index is 5.51. The van der Waals surface area contributed by atoms with Gasteiger partial charge >= 0.3 is 0 Å². The molecule has 0 saturated heterocycles. The van der Waals surface area contributed by atoms with Crippen molar-refractivity contribution in [2.75, 3.05) is 0 Å². The second-order valence-electron chi connectivity index (χ2n) is 6.50. The summed E-state index contributed by atoms with van der Waals surface area (Å²) in [5.41, 5.74) is 3.76. The molecule has 1 fully saturated rings. The molecule has 2 heterocycles. The van der Waals surface area contributed by atoms with Crippen molar-refractivity contribution in [3.8, 4) is 11.5 Å². The Morgan fingerprint density at radius 3 is 2.76 bits per heavy atom. The van der Waals surface area contributed by atoms with Gasteiger partial charge in [-0.3, -0.25) is 0 Å². The van der Waals surface area contributed by atoms with E-state index in [1.807, 2.05) is 0 Å². The number of nitrogens with zero attached hydrogens (tertiary/aromatic N) is 2. The zero-order chi connectivity index (χ0) is 14.2. The minimum absolute atomic E-state index is 0.481. The first-order chi connectivity index (χ1) is 10.3. The van der Waals surface area contributed by atoms with Gasteiger partial charge in [0, 0.05) is 24.6 Å². The number of fused-ring (bicyclic) bond motifs is 1. The summed E-state index contributed by atoms with van der Waals surface area (Å²) in [4.78, 5) is 4.66. The van der Waals surface area contributed by atoms with E-state index >= 15 is 0 Å². The van der Waals surface area contributed by atoms with Gasteiger partial charge in [-0.25, -0.2) is 0 Å². The molecule has 1 aromatic heterocycles. The molecule has 0 radical (unpaired) electrons. The lowest BCUT2D eigenvalue weighted by Crippen LogP contribution is -2.11. The second kappa shape index (κ2) is 5.26. The molecule has 1 N–H and O–H groups in total. The number of benzene rings is 1. The van der Waals surface area contributed by atoms with Gasteiger partial charge in [0.05, 0.1) is 0 Å². The molecular formula is C17H21N3O. The van der Waals surface area contributed by atoms with Crippen LogP contribution in [0.4, 0.5) is 0 Å². The molecule has 0 amide bonds. The highest BCUT2D eigenvalue weighted by Crippen LogP contribution is 2.35. The van der Waals surface area contributed by atoms with Gasteiger partial charge in [-0.15, -0.1) is 0 Å². The number of hydrogen-bond donors (Lipinski definition) is 1. The first-order valence-corrected chi connectivity index (χ1v) is 7.96. The van der Waals surface area contributed by atoms with Crippen LogP contribution in [0.1, 0.15) is 55.5 Å². The lowest BCUT2D eigenvalue weighted by molar-refractivity contribution is 0.329. The van der Waals surface area contributed by atoms with Gasteiger partial charge in [0.1, 0.15) is 0 Å². The number of nitrogens with one attached hydrogen (secondary N) is 1. The van der Waals surface area contributed by atoms with Gasteiger partial charge in [0.2, 0.25) is 0 Å². The van der Waals surface area contributed by atoms with E-state index in [2.05, 4.69) is 40.6 Å². The zero-order valence-corrected chi connectivity index (χ0v) is 12.4. The summed E-state index contributed by atoms with van der Waals surface area (Å²) in [5, 5.41) is 7.59. The Kier molecular flexibility index (Phi) is 3.26. The first-order valence-electron chi connectivity index (χ1n) is 7.96. The lowest BCUT2D eigenvalue weighted by Gasteiger charge is -2.23. The summed E-state index contributed by atoms with van der Waals surface area (Å²) in [6, 6.07) is 6.43. The van der Waals surface area contributed by atoms with Crippen LogP contribution in [0.15, 0.2) is 22.7 Å². The quantitative estimate of drug-likeness (QED) is 0.914. The smallest absolute Gasteiger partial charge is 0.257 e. The van der Waals surface area contributed by atoms with Crippen LogP contribution in [0, 0.1) is 5.92 Å². The van der Waals surface area contributed by atoms with Crippen LogP contribution in [-0.2, 0) is 13.1 Å². The molecule has 2 aromatic rings. The van der Waals surface area contributed by atoms with Crippen LogP contribution < -0.4 is 5.32 Å². The van der Waals surface area contributed by atoms with Crippen molar-refractivity contribution in [1.82, 2.24) is 15.5 Å². The molecule has 4 heteroatoms. The summed E-state index contributed by atoms with van der Waals surface area (Å²) >= 11 is 0. The number of aromatic nitrogens is 2. The highest BCUT2D eigenvalue weighted by Gasteiger charge is 2.24. The van der Waals surface area contributed by atoms with Gasteiger partial charge in [-0.1, -0.05) is 31.0 Å². The van der Waals surface area contributed by atoms with Crippen LogP contribution in [-0.4, -0.2) is 10.1 Å². The first kappa shape index (κ1) is 13.0. The Bertz CT molecular complexity index is 641. The van der Waals surface area contributed by atoms with Gasteiger partial charge in [-0.05, 0) is 42.0 Å². The topological polar surface area (TPSA) is 51.0 Å². The average molecular weight is 283 g/mol. The van der Waals surface area contributed by atoms with Crippen LogP contribution in [0.3, 0.4) is 0 Å². The van der Waals surface area contributed by atoms with Crippen molar-refractivity contribution in [1.29, 1.82) is 0 Å². The third-order valence-corrected chi connectivity index (χ3v) is 4.91. The Balaban J connectivity index is 1.57. The molecule has 1 aliphatic carbocycles. The van der Waals surface area contributed by atoms with E-state index in [1.54, 1.807) is 0 Å². The normalized spacial score (nSPS) is 25.0. The van der Waals surface area contributed by atoms with E-state index in [1.165, 1.54) is 36.8 Å². The Morgan fingerprint density at radius 2 is 1.90 bits per heavy atom. The predicted molar refractivity (Wildman–Crippen MR) is 80.7 cm³/mol. The summed E-state index contributed by atoms with van der Waals surface area (Å²) in [6.07, 6.45) is 4.93. The molecule has 1 aromatic carbocycles. The zero-order valence-electron chi connectivity index (χ0n) is 12.4. The third kappa shape index (κ3) is 2.48.